The first-order chi connectivity index (χ1) is 6.90. The number of rotatable bonds is 2. The Morgan fingerprint density at radius 3 is 2.86 bits per heavy atom. The summed E-state index contributed by atoms with van der Waals surface area (Å²) in [6.07, 6.45) is 3.60. The molecule has 0 spiro atoms. The molecule has 0 aliphatic rings. The maximum Gasteiger partial charge on any atom is 0.181 e. The Bertz CT molecular complexity index is 454. The monoisotopic (exact) mass is 185 g/mol. The third-order valence-electron chi connectivity index (χ3n) is 1.72. The molecule has 0 aliphatic heterocycles. The molecule has 5 nitrogen and oxygen atoms in total. The summed E-state index contributed by atoms with van der Waals surface area (Å²) in [5.74, 6) is 1.18. The highest BCUT2D eigenvalue weighted by Gasteiger charge is 2.04. The Hall–Kier alpha value is -2.22. The van der Waals surface area contributed by atoms with E-state index in [0.29, 0.717) is 11.6 Å². The lowest BCUT2D eigenvalue weighted by atomic mass is 10.2. The highest BCUT2D eigenvalue weighted by molar-refractivity contribution is 5.52. The lowest BCUT2D eigenvalue weighted by Crippen LogP contribution is -1.84. The van der Waals surface area contributed by atoms with Crippen molar-refractivity contribution in [1.82, 2.24) is 20.2 Å². The molecule has 1 N–H and O–H groups in total. The molecule has 2 aromatic rings. The van der Waals surface area contributed by atoms with Gasteiger partial charge in [0.25, 0.3) is 0 Å². The van der Waals surface area contributed by atoms with Gasteiger partial charge in [0.05, 0.1) is 12.5 Å². The predicted molar refractivity (Wildman–Crippen MR) is 48.9 cm³/mol. The summed E-state index contributed by atoms with van der Waals surface area (Å²) in [4.78, 5) is 8.05. The molecular weight excluding hydrogens is 178 g/mol. The van der Waals surface area contributed by atoms with Gasteiger partial charge in [-0.2, -0.15) is 10.4 Å². The van der Waals surface area contributed by atoms with Crippen LogP contribution in [0, 0.1) is 11.3 Å². The first-order valence-corrected chi connectivity index (χ1v) is 4.09. The SMILES string of the molecule is N#CCc1nc(-c2ccncc2)n[nH]1. The van der Waals surface area contributed by atoms with Crippen molar-refractivity contribution in [3.8, 4) is 17.5 Å². The number of nitrogens with one attached hydrogen (secondary N) is 1. The van der Waals surface area contributed by atoms with Gasteiger partial charge in [-0.25, -0.2) is 4.98 Å². The van der Waals surface area contributed by atoms with Gasteiger partial charge in [-0.15, -0.1) is 0 Å². The third kappa shape index (κ3) is 1.59. The number of aromatic amines is 1. The largest absolute Gasteiger partial charge is 0.265 e. The van der Waals surface area contributed by atoms with Crippen LogP contribution in [0.4, 0.5) is 0 Å². The van der Waals surface area contributed by atoms with Crippen LogP contribution in [0.3, 0.4) is 0 Å². The van der Waals surface area contributed by atoms with Gasteiger partial charge in [-0.1, -0.05) is 0 Å². The Morgan fingerprint density at radius 1 is 1.36 bits per heavy atom. The fraction of sp³-hybridized carbons (Fsp3) is 0.111. The van der Waals surface area contributed by atoms with E-state index < -0.39 is 0 Å². The van der Waals surface area contributed by atoms with Gasteiger partial charge in [0.15, 0.2) is 5.82 Å². The molecular formula is C9H7N5. The van der Waals surface area contributed by atoms with Crippen LogP contribution in [0.1, 0.15) is 5.82 Å². The zero-order valence-electron chi connectivity index (χ0n) is 7.31. The first kappa shape index (κ1) is 8.38. The summed E-state index contributed by atoms with van der Waals surface area (Å²) in [5, 5.41) is 15.1. The van der Waals surface area contributed by atoms with Crippen molar-refractivity contribution in [2.45, 2.75) is 6.42 Å². The molecule has 0 aromatic carbocycles. The molecule has 0 amide bonds. The third-order valence-corrected chi connectivity index (χ3v) is 1.72. The van der Waals surface area contributed by atoms with Crippen LogP contribution >= 0.6 is 0 Å². The van der Waals surface area contributed by atoms with Gasteiger partial charge in [0.2, 0.25) is 0 Å². The van der Waals surface area contributed by atoms with E-state index in [1.165, 1.54) is 0 Å². The highest BCUT2D eigenvalue weighted by Crippen LogP contribution is 2.12. The minimum atomic E-state index is 0.248. The molecule has 14 heavy (non-hydrogen) atoms. The van der Waals surface area contributed by atoms with Gasteiger partial charge >= 0.3 is 0 Å². The van der Waals surface area contributed by atoms with Crippen molar-refractivity contribution >= 4 is 0 Å². The van der Waals surface area contributed by atoms with Crippen LogP contribution in [0.5, 0.6) is 0 Å². The topological polar surface area (TPSA) is 78.2 Å². The summed E-state index contributed by atoms with van der Waals surface area (Å²) in [6.45, 7) is 0. The molecule has 2 heterocycles. The lowest BCUT2D eigenvalue weighted by Gasteiger charge is -1.90. The van der Waals surface area contributed by atoms with E-state index in [-0.39, 0.29) is 6.42 Å². The van der Waals surface area contributed by atoms with Crippen molar-refractivity contribution in [3.63, 3.8) is 0 Å². The van der Waals surface area contributed by atoms with Crippen molar-refractivity contribution in [3.05, 3.63) is 30.4 Å². The van der Waals surface area contributed by atoms with Crippen LogP contribution in [0.15, 0.2) is 24.5 Å². The van der Waals surface area contributed by atoms with Crippen LogP contribution in [-0.2, 0) is 6.42 Å². The number of H-pyrrole nitrogens is 1. The second-order valence-electron chi connectivity index (χ2n) is 2.68. The maximum atomic E-state index is 8.45. The van der Waals surface area contributed by atoms with Crippen LogP contribution in [-0.4, -0.2) is 20.2 Å². The van der Waals surface area contributed by atoms with E-state index in [4.69, 9.17) is 5.26 Å². The van der Waals surface area contributed by atoms with Crippen molar-refractivity contribution < 1.29 is 0 Å². The fourth-order valence-electron chi connectivity index (χ4n) is 1.08. The summed E-state index contributed by atoms with van der Waals surface area (Å²) in [6, 6.07) is 5.64. The van der Waals surface area contributed by atoms with Crippen LogP contribution in [0.25, 0.3) is 11.4 Å². The molecule has 2 aromatic heterocycles. The average molecular weight is 185 g/mol. The van der Waals surface area contributed by atoms with E-state index in [1.807, 2.05) is 18.2 Å². The minimum absolute atomic E-state index is 0.248. The van der Waals surface area contributed by atoms with Crippen molar-refractivity contribution in [2.75, 3.05) is 0 Å². The minimum Gasteiger partial charge on any atom is -0.265 e. The normalized spacial score (nSPS) is 9.64. The summed E-state index contributed by atoms with van der Waals surface area (Å²) >= 11 is 0. The molecule has 68 valence electrons. The van der Waals surface area contributed by atoms with Gasteiger partial charge in [-0.3, -0.25) is 10.1 Å². The van der Waals surface area contributed by atoms with E-state index in [2.05, 4.69) is 20.2 Å². The Balaban J connectivity index is 2.31. The van der Waals surface area contributed by atoms with E-state index >= 15 is 0 Å². The molecule has 0 aliphatic carbocycles. The molecule has 0 saturated carbocycles. The summed E-state index contributed by atoms with van der Waals surface area (Å²) in [7, 11) is 0. The Morgan fingerprint density at radius 2 is 2.14 bits per heavy atom. The number of aromatic nitrogens is 4. The first-order valence-electron chi connectivity index (χ1n) is 4.09. The molecule has 5 heteroatoms. The second kappa shape index (κ2) is 3.66. The Kier molecular flexibility index (Phi) is 2.19. The molecule has 2 rings (SSSR count). The maximum absolute atomic E-state index is 8.45. The number of hydrogen-bond acceptors (Lipinski definition) is 4. The van der Waals surface area contributed by atoms with Crippen LogP contribution < -0.4 is 0 Å². The van der Waals surface area contributed by atoms with E-state index in [1.54, 1.807) is 12.4 Å². The van der Waals surface area contributed by atoms with E-state index in [0.717, 1.165) is 5.56 Å². The number of hydrogen-bond donors (Lipinski definition) is 1. The Labute approximate surface area is 80.4 Å². The van der Waals surface area contributed by atoms with Crippen molar-refractivity contribution in [1.29, 1.82) is 5.26 Å². The number of nitrogens with zero attached hydrogens (tertiary/aromatic N) is 4. The number of pyridine rings is 1. The van der Waals surface area contributed by atoms with Gasteiger partial charge in [0.1, 0.15) is 5.82 Å². The lowest BCUT2D eigenvalue weighted by molar-refractivity contribution is 0.996. The fourth-order valence-corrected chi connectivity index (χ4v) is 1.08. The highest BCUT2D eigenvalue weighted by atomic mass is 15.2. The predicted octanol–water partition coefficient (Wildman–Crippen LogP) is 0.933. The zero-order chi connectivity index (χ0) is 9.80. The molecule has 0 fully saturated rings. The molecule has 0 saturated heterocycles. The smallest absolute Gasteiger partial charge is 0.181 e. The van der Waals surface area contributed by atoms with Gasteiger partial charge in [-0.05, 0) is 12.1 Å². The number of nitriles is 1. The van der Waals surface area contributed by atoms with E-state index in [9.17, 15) is 0 Å². The molecule has 0 radical (unpaired) electrons. The zero-order valence-corrected chi connectivity index (χ0v) is 7.31. The van der Waals surface area contributed by atoms with Crippen LogP contribution in [0.2, 0.25) is 0 Å². The standard InChI is InChI=1S/C9H7N5/c10-4-1-8-12-9(14-13-8)7-2-5-11-6-3-7/h2-3,5-6H,1H2,(H,12,13,14). The quantitative estimate of drug-likeness (QED) is 0.754. The van der Waals surface area contributed by atoms with Gasteiger partial charge in [0, 0.05) is 18.0 Å². The van der Waals surface area contributed by atoms with Crippen molar-refractivity contribution in [2.24, 2.45) is 0 Å². The summed E-state index contributed by atoms with van der Waals surface area (Å²) in [5.41, 5.74) is 0.889. The molecule has 0 atom stereocenters. The van der Waals surface area contributed by atoms with Gasteiger partial charge < -0.3 is 0 Å². The average Bonchev–Trinajstić information content (AvgIpc) is 2.68. The molecule has 0 bridgehead atoms. The summed E-state index contributed by atoms with van der Waals surface area (Å²) < 4.78 is 0. The molecule has 0 unspecified atom stereocenters. The second-order valence-corrected chi connectivity index (χ2v) is 2.68.